The van der Waals surface area contributed by atoms with Crippen molar-refractivity contribution in [2.75, 3.05) is 5.32 Å². The van der Waals surface area contributed by atoms with E-state index in [9.17, 15) is 19.5 Å². The smallest absolute Gasteiger partial charge is 0.337 e. The minimum absolute atomic E-state index is 0.0132. The summed E-state index contributed by atoms with van der Waals surface area (Å²) in [6.07, 6.45) is 0. The van der Waals surface area contributed by atoms with Gasteiger partial charge >= 0.3 is 5.97 Å². The molecule has 26 heavy (non-hydrogen) atoms. The van der Waals surface area contributed by atoms with Gasteiger partial charge in [0.1, 0.15) is 17.2 Å². The Hall–Kier alpha value is -2.71. The number of carboxylic acid groups (broad SMARTS) is 1. The van der Waals surface area contributed by atoms with Crippen molar-refractivity contribution in [3.63, 3.8) is 0 Å². The summed E-state index contributed by atoms with van der Waals surface area (Å²) in [5.74, 6) is -1.31. The molecule has 0 bridgehead atoms. The molecule has 0 radical (unpaired) electrons. The number of nitrogens with zero attached hydrogens (tertiary/aromatic N) is 2. The topological polar surface area (TPSA) is 101 Å². The lowest BCUT2D eigenvalue weighted by Crippen LogP contribution is -2.30. The van der Waals surface area contributed by atoms with Crippen molar-refractivity contribution in [3.05, 3.63) is 55.9 Å². The number of aromatic carboxylic acids is 1. The standard InChI is InChI=1S/C17H14ClN3O4S/c1-8-3-4-10(5-12(8)18)20-13(22)6-21-9(2)19-15-14(16(21)23)11(7-26-15)17(24)25/h3-5,7H,6H2,1-2H3,(H,20,22)(H,24,25). The normalized spacial score (nSPS) is 10.9. The monoisotopic (exact) mass is 391 g/mol. The van der Waals surface area contributed by atoms with E-state index in [2.05, 4.69) is 10.3 Å². The van der Waals surface area contributed by atoms with E-state index in [1.165, 1.54) is 5.38 Å². The summed E-state index contributed by atoms with van der Waals surface area (Å²) in [6.45, 7) is 3.16. The van der Waals surface area contributed by atoms with Gasteiger partial charge < -0.3 is 10.4 Å². The number of aryl methyl sites for hydroxylation is 2. The molecule has 3 aromatic rings. The van der Waals surface area contributed by atoms with E-state index in [1.807, 2.05) is 6.92 Å². The highest BCUT2D eigenvalue weighted by Crippen LogP contribution is 2.22. The van der Waals surface area contributed by atoms with Crippen molar-refractivity contribution < 1.29 is 14.7 Å². The van der Waals surface area contributed by atoms with Crippen LogP contribution in [0.5, 0.6) is 0 Å². The van der Waals surface area contributed by atoms with Gasteiger partial charge in [-0.3, -0.25) is 14.2 Å². The van der Waals surface area contributed by atoms with Crippen molar-refractivity contribution in [1.82, 2.24) is 9.55 Å². The summed E-state index contributed by atoms with van der Waals surface area (Å²) < 4.78 is 1.16. The second kappa shape index (κ2) is 6.89. The van der Waals surface area contributed by atoms with Crippen LogP contribution >= 0.6 is 22.9 Å². The summed E-state index contributed by atoms with van der Waals surface area (Å²) in [6, 6.07) is 5.10. The summed E-state index contributed by atoms with van der Waals surface area (Å²) in [7, 11) is 0. The first-order chi connectivity index (χ1) is 12.3. The average Bonchev–Trinajstić information content (AvgIpc) is 2.99. The van der Waals surface area contributed by atoms with Crippen molar-refractivity contribution in [1.29, 1.82) is 0 Å². The second-order valence-electron chi connectivity index (χ2n) is 5.70. The Kier molecular flexibility index (Phi) is 4.80. The van der Waals surface area contributed by atoms with E-state index >= 15 is 0 Å². The fourth-order valence-electron chi connectivity index (χ4n) is 2.48. The van der Waals surface area contributed by atoms with Crippen molar-refractivity contribution in [3.8, 4) is 0 Å². The number of nitrogens with one attached hydrogen (secondary N) is 1. The van der Waals surface area contributed by atoms with Gasteiger partial charge in [-0.25, -0.2) is 9.78 Å². The van der Waals surface area contributed by atoms with Crippen LogP contribution in [0, 0.1) is 13.8 Å². The van der Waals surface area contributed by atoms with E-state index in [0.29, 0.717) is 21.4 Å². The number of benzene rings is 1. The van der Waals surface area contributed by atoms with Crippen molar-refractivity contribution in [2.45, 2.75) is 20.4 Å². The molecule has 0 fully saturated rings. The molecule has 0 spiro atoms. The zero-order valence-corrected chi connectivity index (χ0v) is 15.4. The number of anilines is 1. The average molecular weight is 392 g/mol. The van der Waals surface area contributed by atoms with Gasteiger partial charge in [0.05, 0.1) is 10.9 Å². The molecule has 2 heterocycles. The molecule has 1 aromatic carbocycles. The highest BCUT2D eigenvalue weighted by Gasteiger charge is 2.19. The van der Waals surface area contributed by atoms with Gasteiger partial charge in [-0.05, 0) is 31.5 Å². The number of hydrogen-bond donors (Lipinski definition) is 2. The van der Waals surface area contributed by atoms with E-state index in [4.69, 9.17) is 11.6 Å². The predicted octanol–water partition coefficient (Wildman–Crippen LogP) is 3.07. The fraction of sp³-hybridized carbons (Fsp3) is 0.176. The zero-order valence-electron chi connectivity index (χ0n) is 13.9. The van der Waals surface area contributed by atoms with Crippen LogP contribution < -0.4 is 10.9 Å². The summed E-state index contributed by atoms with van der Waals surface area (Å²) >= 11 is 7.12. The van der Waals surface area contributed by atoms with Crippen LogP contribution in [0.25, 0.3) is 10.2 Å². The summed E-state index contributed by atoms with van der Waals surface area (Å²) in [5.41, 5.74) is 0.724. The van der Waals surface area contributed by atoms with Crippen molar-refractivity contribution in [2.24, 2.45) is 0 Å². The Bertz CT molecular complexity index is 1100. The quantitative estimate of drug-likeness (QED) is 0.711. The molecule has 0 aliphatic heterocycles. The molecule has 0 unspecified atom stereocenters. The third kappa shape index (κ3) is 3.33. The minimum atomic E-state index is -1.20. The van der Waals surface area contributed by atoms with Gasteiger partial charge in [0.2, 0.25) is 5.91 Å². The zero-order chi connectivity index (χ0) is 19.0. The molecule has 2 N–H and O–H groups in total. The number of rotatable bonds is 4. The Morgan fingerprint density at radius 3 is 2.73 bits per heavy atom. The van der Waals surface area contributed by atoms with Crippen LogP contribution in [-0.4, -0.2) is 26.5 Å². The number of aromatic nitrogens is 2. The van der Waals surface area contributed by atoms with Crippen LogP contribution in [0.3, 0.4) is 0 Å². The number of hydrogen-bond acceptors (Lipinski definition) is 5. The molecule has 2 aromatic heterocycles. The Balaban J connectivity index is 1.93. The number of halogens is 1. The van der Waals surface area contributed by atoms with Gasteiger partial charge in [0, 0.05) is 16.1 Å². The fourth-order valence-corrected chi connectivity index (χ4v) is 3.61. The minimum Gasteiger partial charge on any atom is -0.478 e. The molecular weight excluding hydrogens is 378 g/mol. The first-order valence-corrected chi connectivity index (χ1v) is 8.81. The van der Waals surface area contributed by atoms with Crippen LogP contribution in [-0.2, 0) is 11.3 Å². The molecule has 0 saturated heterocycles. The van der Waals surface area contributed by atoms with Crippen molar-refractivity contribution >= 4 is 50.7 Å². The number of carbonyl (C=O) groups excluding carboxylic acids is 1. The molecule has 0 atom stereocenters. The molecular formula is C17H14ClN3O4S. The van der Waals surface area contributed by atoms with E-state index in [-0.39, 0.29) is 17.5 Å². The Labute approximate surface area is 156 Å². The number of thiophene rings is 1. The SMILES string of the molecule is Cc1ccc(NC(=O)Cn2c(C)nc3scc(C(=O)O)c3c2=O)cc1Cl. The van der Waals surface area contributed by atoms with Crippen LogP contribution in [0.15, 0.2) is 28.4 Å². The van der Waals surface area contributed by atoms with Gasteiger partial charge in [0.25, 0.3) is 5.56 Å². The third-order valence-corrected chi connectivity index (χ3v) is 5.15. The first-order valence-electron chi connectivity index (χ1n) is 7.56. The van der Waals surface area contributed by atoms with E-state index < -0.39 is 17.4 Å². The number of carbonyl (C=O) groups is 2. The number of amides is 1. The van der Waals surface area contributed by atoms with Gasteiger partial charge in [-0.15, -0.1) is 11.3 Å². The lowest BCUT2D eigenvalue weighted by molar-refractivity contribution is -0.116. The van der Waals surface area contributed by atoms with Crippen LogP contribution in [0.2, 0.25) is 5.02 Å². The molecule has 7 nitrogen and oxygen atoms in total. The first kappa shape index (κ1) is 18.1. The lowest BCUT2D eigenvalue weighted by Gasteiger charge is -2.11. The van der Waals surface area contributed by atoms with Gasteiger partial charge in [0.15, 0.2) is 0 Å². The Morgan fingerprint density at radius 2 is 2.08 bits per heavy atom. The third-order valence-electron chi connectivity index (χ3n) is 3.87. The molecule has 134 valence electrons. The molecule has 1 amide bonds. The van der Waals surface area contributed by atoms with Gasteiger partial charge in [-0.2, -0.15) is 0 Å². The molecule has 0 aliphatic rings. The van der Waals surface area contributed by atoms with E-state index in [1.54, 1.807) is 25.1 Å². The highest BCUT2D eigenvalue weighted by atomic mass is 35.5. The van der Waals surface area contributed by atoms with Crippen LogP contribution in [0.4, 0.5) is 5.69 Å². The maximum Gasteiger partial charge on any atom is 0.337 e. The van der Waals surface area contributed by atoms with Gasteiger partial charge in [-0.1, -0.05) is 17.7 Å². The maximum atomic E-state index is 12.7. The molecule has 0 saturated carbocycles. The molecule has 3 rings (SSSR count). The number of fused-ring (bicyclic) bond motifs is 1. The molecule has 0 aliphatic carbocycles. The summed E-state index contributed by atoms with van der Waals surface area (Å²) in [5, 5.41) is 13.8. The Morgan fingerprint density at radius 1 is 1.35 bits per heavy atom. The summed E-state index contributed by atoms with van der Waals surface area (Å²) in [4.78, 5) is 40.9. The van der Waals surface area contributed by atoms with Crippen LogP contribution in [0.1, 0.15) is 21.7 Å². The second-order valence-corrected chi connectivity index (χ2v) is 6.96. The largest absolute Gasteiger partial charge is 0.478 e. The predicted molar refractivity (Wildman–Crippen MR) is 100 cm³/mol. The maximum absolute atomic E-state index is 12.7. The highest BCUT2D eigenvalue weighted by molar-refractivity contribution is 7.17. The number of carboxylic acids is 1. The van der Waals surface area contributed by atoms with E-state index in [0.717, 1.165) is 21.5 Å². The molecule has 9 heteroatoms. The lowest BCUT2D eigenvalue weighted by atomic mass is 10.2.